The average molecular weight is 239 g/mol. The van der Waals surface area contributed by atoms with Crippen molar-refractivity contribution in [1.29, 1.82) is 0 Å². The van der Waals surface area contributed by atoms with Gasteiger partial charge in [0.15, 0.2) is 0 Å². The summed E-state index contributed by atoms with van der Waals surface area (Å²) in [6.07, 6.45) is 0. The van der Waals surface area contributed by atoms with E-state index in [9.17, 15) is 0 Å². The molecule has 4 heavy (non-hydrogen) atoms. The first-order valence-electron chi connectivity index (χ1n) is 0.267. The van der Waals surface area contributed by atoms with Gasteiger partial charge in [-0.05, 0) is 0 Å². The zero-order valence-electron chi connectivity index (χ0n) is 2.17. The Morgan fingerprint density at radius 3 is 1.25 bits per heavy atom. The van der Waals surface area contributed by atoms with Gasteiger partial charge in [-0.15, -0.1) is 0 Å². The van der Waals surface area contributed by atoms with Crippen LogP contribution in [0.4, 0.5) is 0 Å². The summed E-state index contributed by atoms with van der Waals surface area (Å²) < 4.78 is 0. The Morgan fingerprint density at radius 1 is 1.25 bits per heavy atom. The van der Waals surface area contributed by atoms with Crippen molar-refractivity contribution in [2.75, 3.05) is 0 Å². The third-order valence-corrected chi connectivity index (χ3v) is 0. The van der Waals surface area contributed by atoms with Gasteiger partial charge in [-0.3, -0.25) is 0 Å². The van der Waals surface area contributed by atoms with Gasteiger partial charge in [-0.1, -0.05) is 15.9 Å². The number of hydrogen-bond donors (Lipinski definition) is 0. The predicted molar refractivity (Wildman–Crippen MR) is 14.3 cm³/mol. The molecule has 0 nitrogen and oxygen atoms in total. The molecule has 0 aromatic heterocycles. The fourth-order valence-electron chi connectivity index (χ4n) is 0. The molecule has 0 aromatic rings. The van der Waals surface area contributed by atoms with Crippen LogP contribution in [0, 0.1) is 5.83 Å². The minimum atomic E-state index is 0. The molecule has 0 amide bonds. The quantitative estimate of drug-likeness (QED) is 0.436. The molecule has 23 valence electrons. The molecule has 0 heterocycles. The van der Waals surface area contributed by atoms with Gasteiger partial charge in [-0.25, -0.2) is 0 Å². The first-order chi connectivity index (χ1) is 1.00. The van der Waals surface area contributed by atoms with Crippen LogP contribution in [0.2, 0.25) is 0 Å². The molecule has 0 unspecified atom stereocenters. The van der Waals surface area contributed by atoms with Crippen molar-refractivity contribution in [3.8, 4) is 0 Å². The summed E-state index contributed by atoms with van der Waals surface area (Å²) in [5.41, 5.74) is 0. The summed E-state index contributed by atoms with van der Waals surface area (Å²) in [6.45, 7) is 0. The second-order valence-corrected chi connectivity index (χ2v) is 0. The van der Waals surface area contributed by atoms with E-state index in [1.165, 1.54) is 0 Å². The van der Waals surface area contributed by atoms with Gasteiger partial charge in [-0.2, -0.15) is 0 Å². The Labute approximate surface area is 58.0 Å². The van der Waals surface area contributed by atoms with Crippen LogP contribution in [0.3, 0.4) is 0 Å². The van der Waals surface area contributed by atoms with Crippen molar-refractivity contribution in [3.05, 3.63) is 5.83 Å². The van der Waals surface area contributed by atoms with Crippen molar-refractivity contribution >= 4 is 15.9 Å². The van der Waals surface area contributed by atoms with Crippen LogP contribution in [-0.4, -0.2) is 0 Å². The standard InChI is InChI=1S/CH2Br.BrH.Zn/c1-2;;/h1H2;1H;/p-1. The van der Waals surface area contributed by atoms with Crippen molar-refractivity contribution in [2.24, 2.45) is 0 Å². The molecular formula is CH2Br2Zn-. The Balaban J connectivity index is -0.00000000500. The van der Waals surface area contributed by atoms with E-state index in [0.717, 1.165) is 0 Å². The van der Waals surface area contributed by atoms with E-state index in [4.69, 9.17) is 0 Å². The monoisotopic (exact) mass is 236 g/mol. The van der Waals surface area contributed by atoms with Crippen LogP contribution in [0.1, 0.15) is 0 Å². The molecule has 1 radical (unpaired) electrons. The second-order valence-electron chi connectivity index (χ2n) is 0. The van der Waals surface area contributed by atoms with E-state index < -0.39 is 0 Å². The molecule has 3 heteroatoms. The molecule has 0 saturated heterocycles. The number of hydrogen-bond acceptors (Lipinski definition) is 0. The molecule has 0 N–H and O–H groups in total. The largest absolute Gasteiger partial charge is 1.00 e. The summed E-state index contributed by atoms with van der Waals surface area (Å²) >= 11 is 2.69. The van der Waals surface area contributed by atoms with Gasteiger partial charge >= 0.3 is 0 Å². The maximum absolute atomic E-state index is 3.06. The van der Waals surface area contributed by atoms with Crippen molar-refractivity contribution in [2.45, 2.75) is 0 Å². The maximum atomic E-state index is 3.06. The van der Waals surface area contributed by atoms with E-state index >= 15 is 0 Å². The molecule has 0 bridgehead atoms. The van der Waals surface area contributed by atoms with Crippen molar-refractivity contribution < 1.29 is 36.5 Å². The fraction of sp³-hybridized carbons (Fsp3) is 0. The average Bonchev–Trinajstić information content (AvgIpc) is 1.00. The zero-order valence-corrected chi connectivity index (χ0v) is 8.31. The molecular weight excluding hydrogens is 237 g/mol. The smallest absolute Gasteiger partial charge is 0.0129 e. The van der Waals surface area contributed by atoms with Gasteiger partial charge < -0.3 is 17.0 Å². The summed E-state index contributed by atoms with van der Waals surface area (Å²) in [5, 5.41) is 0. The van der Waals surface area contributed by atoms with Crippen LogP contribution >= 0.6 is 15.9 Å². The summed E-state index contributed by atoms with van der Waals surface area (Å²) in [4.78, 5) is 0. The van der Waals surface area contributed by atoms with Crippen LogP contribution < -0.4 is 17.0 Å². The molecule has 0 aliphatic carbocycles. The fourth-order valence-corrected chi connectivity index (χ4v) is 0. The normalized spacial score (nSPS) is 1.50. The molecule has 0 rings (SSSR count). The first-order valence-corrected chi connectivity index (χ1v) is 1.39. The van der Waals surface area contributed by atoms with Gasteiger partial charge in [0.25, 0.3) is 0 Å². The predicted octanol–water partition coefficient (Wildman–Crippen LogP) is -1.83. The van der Waals surface area contributed by atoms with E-state index in [0.29, 0.717) is 0 Å². The molecule has 0 saturated carbocycles. The number of rotatable bonds is 0. The van der Waals surface area contributed by atoms with E-state index in [1.54, 1.807) is 0 Å². The van der Waals surface area contributed by atoms with Crippen molar-refractivity contribution in [1.82, 2.24) is 0 Å². The molecule has 0 fully saturated rings. The van der Waals surface area contributed by atoms with Gasteiger partial charge in [0, 0.05) is 25.3 Å². The van der Waals surface area contributed by atoms with Gasteiger partial charge in [0.05, 0.1) is 0 Å². The SMILES string of the molecule is [Br-].[CH2]Br.[Zn]. The summed E-state index contributed by atoms with van der Waals surface area (Å²) in [7, 11) is 0. The van der Waals surface area contributed by atoms with Crippen LogP contribution in [0.5, 0.6) is 0 Å². The molecule has 0 spiro atoms. The van der Waals surface area contributed by atoms with Crippen LogP contribution in [-0.2, 0) is 19.5 Å². The molecule has 0 aliphatic heterocycles. The Morgan fingerprint density at radius 2 is 1.25 bits per heavy atom. The summed E-state index contributed by atoms with van der Waals surface area (Å²) in [6, 6.07) is 0. The molecule has 0 aliphatic rings. The third-order valence-electron chi connectivity index (χ3n) is 0. The maximum Gasteiger partial charge on any atom is 0.0129 e. The minimum Gasteiger partial charge on any atom is -1.00 e. The number of halogens is 2. The zero-order chi connectivity index (χ0) is 2.00. The minimum absolute atomic E-state index is 0. The topological polar surface area (TPSA) is 0 Å². The first kappa shape index (κ1) is 17.6. The van der Waals surface area contributed by atoms with E-state index in [1.807, 2.05) is 0 Å². The van der Waals surface area contributed by atoms with Crippen LogP contribution in [0.25, 0.3) is 0 Å². The van der Waals surface area contributed by atoms with E-state index in [-0.39, 0.29) is 36.5 Å². The summed E-state index contributed by atoms with van der Waals surface area (Å²) in [5.74, 6) is 3.06. The van der Waals surface area contributed by atoms with E-state index in [2.05, 4.69) is 21.8 Å². The second kappa shape index (κ2) is 23.5. The van der Waals surface area contributed by atoms with Crippen molar-refractivity contribution in [3.63, 3.8) is 0 Å². The third kappa shape index (κ3) is 9.54. The Kier molecular flexibility index (Phi) is 103. The molecule has 0 atom stereocenters. The van der Waals surface area contributed by atoms with Gasteiger partial charge in [0.1, 0.15) is 0 Å². The Bertz CT molecular complexity index is 6.00. The Hall–Kier alpha value is 1.58. The van der Waals surface area contributed by atoms with Crippen LogP contribution in [0.15, 0.2) is 0 Å². The van der Waals surface area contributed by atoms with Gasteiger partial charge in [0.2, 0.25) is 0 Å². The molecule has 0 aromatic carbocycles.